The van der Waals surface area contributed by atoms with Crippen molar-refractivity contribution in [3.8, 4) is 0 Å². The summed E-state index contributed by atoms with van der Waals surface area (Å²) in [6.07, 6.45) is 3.23. The van der Waals surface area contributed by atoms with E-state index in [0.29, 0.717) is 16.5 Å². The van der Waals surface area contributed by atoms with Gasteiger partial charge in [-0.1, -0.05) is 0 Å². The number of carbonyl (C=O) groups is 1. The number of anilines is 2. The van der Waals surface area contributed by atoms with Crippen LogP contribution in [0.2, 0.25) is 0 Å². The first-order valence-corrected chi connectivity index (χ1v) is 7.82. The summed E-state index contributed by atoms with van der Waals surface area (Å²) in [5.41, 5.74) is 7.82. The van der Waals surface area contributed by atoms with Crippen LogP contribution in [-0.4, -0.2) is 32.8 Å². The molecule has 1 aromatic heterocycles. The Morgan fingerprint density at radius 2 is 2.25 bits per heavy atom. The number of nitrogens with two attached hydrogens (primary N) is 1. The molecule has 6 heteroatoms. The zero-order valence-corrected chi connectivity index (χ0v) is 12.8. The zero-order valence-electron chi connectivity index (χ0n) is 12.0. The third-order valence-electron chi connectivity index (χ3n) is 3.30. The minimum atomic E-state index is -0.350. The fraction of sp³-hybridized carbons (Fsp3) is 0.643. The summed E-state index contributed by atoms with van der Waals surface area (Å²) in [5.74, 6) is 0.149. The summed E-state index contributed by atoms with van der Waals surface area (Å²) in [5, 5.41) is 4.40. The lowest BCUT2D eigenvalue weighted by atomic mass is 10.1. The Morgan fingerprint density at radius 3 is 2.85 bits per heavy atom. The molecule has 0 spiro atoms. The van der Waals surface area contributed by atoms with Crippen LogP contribution in [0.25, 0.3) is 0 Å². The molecule has 0 aromatic carbocycles. The molecular formula is C14H22N2O3S. The molecule has 0 atom stereocenters. The van der Waals surface area contributed by atoms with Gasteiger partial charge in [-0.3, -0.25) is 0 Å². The highest BCUT2D eigenvalue weighted by atomic mass is 32.1. The second-order valence-electron chi connectivity index (χ2n) is 4.83. The fourth-order valence-corrected chi connectivity index (χ4v) is 3.28. The van der Waals surface area contributed by atoms with Gasteiger partial charge in [0.15, 0.2) is 0 Å². The number of ether oxygens (including phenoxy) is 2. The van der Waals surface area contributed by atoms with Crippen LogP contribution in [0.5, 0.6) is 0 Å². The van der Waals surface area contributed by atoms with Crippen LogP contribution in [0.3, 0.4) is 0 Å². The molecule has 1 fully saturated rings. The van der Waals surface area contributed by atoms with Gasteiger partial charge in [-0.25, -0.2) is 4.79 Å². The molecule has 3 N–H and O–H groups in total. The normalized spacial score (nSPS) is 14.3. The summed E-state index contributed by atoms with van der Waals surface area (Å²) in [6.45, 7) is 4.29. The van der Waals surface area contributed by atoms with E-state index in [1.54, 1.807) is 0 Å². The van der Waals surface area contributed by atoms with Crippen molar-refractivity contribution in [3.63, 3.8) is 0 Å². The molecule has 1 aromatic rings. The van der Waals surface area contributed by atoms with Gasteiger partial charge in [0, 0.05) is 25.3 Å². The number of thiophene rings is 1. The van der Waals surface area contributed by atoms with E-state index in [2.05, 4.69) is 5.32 Å². The smallest absolute Gasteiger partial charge is 0.350 e. The number of carbonyl (C=O) groups excluding carboxylic acids is 1. The molecule has 2 rings (SSSR count). The summed E-state index contributed by atoms with van der Waals surface area (Å²) in [6, 6.07) is 0. The van der Waals surface area contributed by atoms with Gasteiger partial charge in [-0.05, 0) is 32.1 Å². The van der Waals surface area contributed by atoms with Crippen LogP contribution in [0, 0.1) is 0 Å². The van der Waals surface area contributed by atoms with E-state index in [1.807, 2.05) is 6.92 Å². The summed E-state index contributed by atoms with van der Waals surface area (Å²) in [7, 11) is 1.38. The van der Waals surface area contributed by atoms with Gasteiger partial charge in [-0.15, -0.1) is 11.3 Å². The molecular weight excluding hydrogens is 276 g/mol. The van der Waals surface area contributed by atoms with E-state index in [0.717, 1.165) is 49.6 Å². The fourth-order valence-electron chi connectivity index (χ4n) is 2.13. The first-order chi connectivity index (χ1) is 9.69. The molecule has 0 unspecified atom stereocenters. The van der Waals surface area contributed by atoms with Gasteiger partial charge < -0.3 is 20.5 Å². The maximum absolute atomic E-state index is 11.7. The maximum atomic E-state index is 11.7. The number of esters is 1. The highest BCUT2D eigenvalue weighted by Gasteiger charge is 2.33. The van der Waals surface area contributed by atoms with Gasteiger partial charge in [0.2, 0.25) is 0 Å². The molecule has 0 amide bonds. The quantitative estimate of drug-likeness (QED) is 0.570. The molecule has 0 saturated heterocycles. The van der Waals surface area contributed by atoms with Crippen LogP contribution in [-0.2, 0) is 9.47 Å². The summed E-state index contributed by atoms with van der Waals surface area (Å²) in [4.78, 5) is 12.2. The van der Waals surface area contributed by atoms with Gasteiger partial charge in [0.25, 0.3) is 0 Å². The Kier molecular flexibility index (Phi) is 5.25. The predicted molar refractivity (Wildman–Crippen MR) is 81.6 cm³/mol. The van der Waals surface area contributed by atoms with Gasteiger partial charge in [-0.2, -0.15) is 0 Å². The molecule has 0 aliphatic heterocycles. The van der Waals surface area contributed by atoms with E-state index in [-0.39, 0.29) is 5.97 Å². The lowest BCUT2D eigenvalue weighted by molar-refractivity contribution is 0.0607. The summed E-state index contributed by atoms with van der Waals surface area (Å²) >= 11 is 1.40. The summed E-state index contributed by atoms with van der Waals surface area (Å²) < 4.78 is 10.1. The Balaban J connectivity index is 2.04. The lowest BCUT2D eigenvalue weighted by Crippen LogP contribution is -2.06. The SMILES string of the molecule is CCOCCCNc1sc(C(=O)OC)c(N)c1C1CC1. The molecule has 1 saturated carbocycles. The molecule has 5 nitrogen and oxygen atoms in total. The van der Waals surface area contributed by atoms with Crippen molar-refractivity contribution in [1.82, 2.24) is 0 Å². The van der Waals surface area contributed by atoms with Crippen molar-refractivity contribution < 1.29 is 14.3 Å². The number of methoxy groups -OCH3 is 1. The lowest BCUT2D eigenvalue weighted by Gasteiger charge is -2.07. The second-order valence-corrected chi connectivity index (χ2v) is 5.85. The molecule has 112 valence electrons. The molecule has 1 heterocycles. The van der Waals surface area contributed by atoms with Gasteiger partial charge in [0.05, 0.1) is 17.8 Å². The zero-order chi connectivity index (χ0) is 14.5. The predicted octanol–water partition coefficient (Wildman–Crippen LogP) is 2.83. The number of rotatable bonds is 8. The van der Waals surface area contributed by atoms with E-state index < -0.39 is 0 Å². The topological polar surface area (TPSA) is 73.6 Å². The highest BCUT2D eigenvalue weighted by molar-refractivity contribution is 7.18. The Morgan fingerprint density at radius 1 is 1.50 bits per heavy atom. The molecule has 1 aliphatic carbocycles. The standard InChI is InChI=1S/C14H22N2O3S/c1-3-19-8-4-7-16-13-10(9-5-6-9)11(15)12(20-13)14(17)18-2/h9,16H,3-8,15H2,1-2H3. The van der Waals surface area contributed by atoms with E-state index in [9.17, 15) is 4.79 Å². The average Bonchev–Trinajstić information content (AvgIpc) is 3.22. The van der Waals surface area contributed by atoms with E-state index in [4.69, 9.17) is 15.2 Å². The van der Waals surface area contributed by atoms with Crippen molar-refractivity contribution in [3.05, 3.63) is 10.4 Å². The minimum absolute atomic E-state index is 0.350. The van der Waals surface area contributed by atoms with Crippen molar-refractivity contribution >= 4 is 28.0 Å². The van der Waals surface area contributed by atoms with Crippen molar-refractivity contribution in [2.75, 3.05) is 37.9 Å². The number of nitrogen functional groups attached to an aromatic ring is 1. The third kappa shape index (κ3) is 3.43. The van der Waals surface area contributed by atoms with Crippen LogP contribution in [0.1, 0.15) is 47.3 Å². The maximum Gasteiger partial charge on any atom is 0.350 e. The van der Waals surface area contributed by atoms with Crippen molar-refractivity contribution in [1.29, 1.82) is 0 Å². The van der Waals surface area contributed by atoms with Gasteiger partial charge >= 0.3 is 5.97 Å². The van der Waals surface area contributed by atoms with E-state index >= 15 is 0 Å². The molecule has 20 heavy (non-hydrogen) atoms. The first-order valence-electron chi connectivity index (χ1n) is 7.01. The third-order valence-corrected chi connectivity index (χ3v) is 4.45. The van der Waals surface area contributed by atoms with Crippen LogP contribution in [0.4, 0.5) is 10.7 Å². The Hall–Kier alpha value is -1.27. The average molecular weight is 298 g/mol. The highest BCUT2D eigenvalue weighted by Crippen LogP contribution is 2.50. The minimum Gasteiger partial charge on any atom is -0.465 e. The largest absolute Gasteiger partial charge is 0.465 e. The van der Waals surface area contributed by atoms with Crippen LogP contribution in [0.15, 0.2) is 0 Å². The van der Waals surface area contributed by atoms with Gasteiger partial charge in [0.1, 0.15) is 4.88 Å². The number of nitrogens with one attached hydrogen (secondary N) is 1. The Labute approximate surface area is 123 Å². The number of hydrogen-bond acceptors (Lipinski definition) is 6. The first kappa shape index (κ1) is 15.1. The monoisotopic (exact) mass is 298 g/mol. The Bertz CT molecular complexity index is 469. The van der Waals surface area contributed by atoms with Crippen LogP contribution < -0.4 is 11.1 Å². The molecule has 0 bridgehead atoms. The second kappa shape index (κ2) is 6.95. The van der Waals surface area contributed by atoms with Crippen LogP contribution >= 0.6 is 11.3 Å². The van der Waals surface area contributed by atoms with Crippen molar-refractivity contribution in [2.24, 2.45) is 0 Å². The van der Waals surface area contributed by atoms with E-state index in [1.165, 1.54) is 18.4 Å². The van der Waals surface area contributed by atoms with Crippen molar-refractivity contribution in [2.45, 2.75) is 32.1 Å². The molecule has 1 aliphatic rings. The molecule has 0 radical (unpaired) electrons. The number of hydrogen-bond donors (Lipinski definition) is 2.